The fraction of sp³-hybridized carbons (Fsp3) is 0.769. The lowest BCUT2D eigenvalue weighted by Crippen LogP contribution is -2.55. The lowest BCUT2D eigenvalue weighted by Gasteiger charge is -2.38. The van der Waals surface area contributed by atoms with E-state index in [-0.39, 0.29) is 0 Å². The van der Waals surface area contributed by atoms with Gasteiger partial charge in [0.1, 0.15) is 0 Å². The van der Waals surface area contributed by atoms with Crippen LogP contribution in [0.25, 0.3) is 0 Å². The molecule has 4 heteroatoms. The normalized spacial score (nSPS) is 30.7. The first kappa shape index (κ1) is 11.2. The molecule has 2 aliphatic rings. The van der Waals surface area contributed by atoms with Crippen LogP contribution in [0.2, 0.25) is 0 Å². The van der Waals surface area contributed by atoms with Gasteiger partial charge in [0.2, 0.25) is 0 Å². The molecule has 2 fully saturated rings. The number of rotatable bonds is 3. The van der Waals surface area contributed by atoms with Gasteiger partial charge in [-0.1, -0.05) is 5.16 Å². The Labute approximate surface area is 102 Å². The van der Waals surface area contributed by atoms with Crippen molar-refractivity contribution in [2.75, 3.05) is 13.1 Å². The Morgan fingerprint density at radius 2 is 2.35 bits per heavy atom. The monoisotopic (exact) mass is 235 g/mol. The van der Waals surface area contributed by atoms with Crippen LogP contribution in [0.15, 0.2) is 10.6 Å². The third-order valence-electron chi connectivity index (χ3n) is 3.96. The first-order valence-electron chi connectivity index (χ1n) is 6.62. The third-order valence-corrected chi connectivity index (χ3v) is 3.96. The largest absolute Gasteiger partial charge is 0.360 e. The highest BCUT2D eigenvalue weighted by atomic mass is 16.5. The zero-order chi connectivity index (χ0) is 11.8. The predicted octanol–water partition coefficient (Wildman–Crippen LogP) is 1.56. The molecule has 2 heterocycles. The van der Waals surface area contributed by atoms with Crippen molar-refractivity contribution in [2.24, 2.45) is 5.92 Å². The highest BCUT2D eigenvalue weighted by molar-refractivity contribution is 5.04. The van der Waals surface area contributed by atoms with Crippen molar-refractivity contribution in [2.45, 2.75) is 45.3 Å². The average molecular weight is 235 g/mol. The fourth-order valence-corrected chi connectivity index (χ4v) is 2.67. The second kappa shape index (κ2) is 4.42. The number of hydrogen-bond acceptors (Lipinski definition) is 4. The van der Waals surface area contributed by atoms with E-state index in [1.54, 1.807) is 0 Å². The molecule has 17 heavy (non-hydrogen) atoms. The van der Waals surface area contributed by atoms with E-state index in [1.165, 1.54) is 12.8 Å². The summed E-state index contributed by atoms with van der Waals surface area (Å²) in [6, 6.07) is 3.31. The molecule has 2 unspecified atom stereocenters. The van der Waals surface area contributed by atoms with Crippen molar-refractivity contribution in [3.05, 3.63) is 17.5 Å². The summed E-state index contributed by atoms with van der Waals surface area (Å²) in [5.74, 6) is 1.91. The van der Waals surface area contributed by atoms with E-state index >= 15 is 0 Å². The van der Waals surface area contributed by atoms with Crippen LogP contribution in [0, 0.1) is 12.8 Å². The molecule has 2 atom stereocenters. The van der Waals surface area contributed by atoms with Gasteiger partial charge in [0, 0.05) is 31.2 Å². The number of hydrogen-bond donors (Lipinski definition) is 1. The van der Waals surface area contributed by atoms with Gasteiger partial charge in [-0.05, 0) is 32.6 Å². The molecule has 4 nitrogen and oxygen atoms in total. The average Bonchev–Trinajstić information content (AvgIpc) is 3.07. The van der Waals surface area contributed by atoms with Crippen LogP contribution in [-0.4, -0.2) is 35.2 Å². The van der Waals surface area contributed by atoms with Gasteiger partial charge < -0.3 is 9.84 Å². The van der Waals surface area contributed by atoms with Gasteiger partial charge in [-0.15, -0.1) is 0 Å². The Morgan fingerprint density at radius 1 is 1.53 bits per heavy atom. The molecule has 0 radical (unpaired) electrons. The van der Waals surface area contributed by atoms with Crippen molar-refractivity contribution in [1.82, 2.24) is 15.4 Å². The number of aromatic nitrogens is 1. The molecule has 0 amide bonds. The SMILES string of the molecule is Cc1cc(CN2CC(C3CC3)NCC2C)on1. The standard InChI is InChI=1S/C13H21N3O/c1-9-5-12(17-15-9)7-16-8-13(11-3-4-11)14-6-10(16)2/h5,10-11,13-14H,3-4,6-8H2,1-2H3. The van der Waals surface area contributed by atoms with Crippen LogP contribution < -0.4 is 5.32 Å². The predicted molar refractivity (Wildman–Crippen MR) is 65.6 cm³/mol. The van der Waals surface area contributed by atoms with Crippen LogP contribution in [0.4, 0.5) is 0 Å². The van der Waals surface area contributed by atoms with Crippen LogP contribution in [0.1, 0.15) is 31.2 Å². The molecule has 0 bridgehead atoms. The van der Waals surface area contributed by atoms with Gasteiger partial charge in [-0.25, -0.2) is 0 Å². The quantitative estimate of drug-likeness (QED) is 0.863. The Morgan fingerprint density at radius 3 is 3.00 bits per heavy atom. The van der Waals surface area contributed by atoms with E-state index in [9.17, 15) is 0 Å². The molecule has 1 aliphatic heterocycles. The number of nitrogens with zero attached hydrogens (tertiary/aromatic N) is 2. The molecule has 1 aromatic heterocycles. The van der Waals surface area contributed by atoms with E-state index in [2.05, 4.69) is 22.3 Å². The van der Waals surface area contributed by atoms with Crippen molar-refractivity contribution in [3.8, 4) is 0 Å². The summed E-state index contributed by atoms with van der Waals surface area (Å²) in [6.45, 7) is 7.38. The molecule has 1 saturated carbocycles. The van der Waals surface area contributed by atoms with Crippen molar-refractivity contribution in [1.29, 1.82) is 0 Å². The van der Waals surface area contributed by atoms with E-state index in [4.69, 9.17) is 4.52 Å². The Hall–Kier alpha value is -0.870. The molecule has 1 N–H and O–H groups in total. The maximum atomic E-state index is 5.31. The Kier molecular flexibility index (Phi) is 2.92. The minimum Gasteiger partial charge on any atom is -0.360 e. The lowest BCUT2D eigenvalue weighted by atomic mass is 10.1. The maximum absolute atomic E-state index is 5.31. The van der Waals surface area contributed by atoms with E-state index in [1.807, 2.05) is 13.0 Å². The second-order valence-electron chi connectivity index (χ2n) is 5.57. The van der Waals surface area contributed by atoms with E-state index < -0.39 is 0 Å². The Balaban J connectivity index is 1.63. The molecular formula is C13H21N3O. The minimum atomic E-state index is 0.579. The molecule has 3 rings (SSSR count). The van der Waals surface area contributed by atoms with Gasteiger partial charge in [0.25, 0.3) is 0 Å². The van der Waals surface area contributed by atoms with E-state index in [0.29, 0.717) is 12.1 Å². The molecule has 94 valence electrons. The summed E-state index contributed by atoms with van der Waals surface area (Å²) in [6.07, 6.45) is 2.81. The zero-order valence-electron chi connectivity index (χ0n) is 10.6. The molecular weight excluding hydrogens is 214 g/mol. The first-order valence-corrected chi connectivity index (χ1v) is 6.62. The molecule has 0 aromatic carbocycles. The summed E-state index contributed by atoms with van der Waals surface area (Å²) in [7, 11) is 0. The summed E-state index contributed by atoms with van der Waals surface area (Å²) in [4.78, 5) is 2.51. The third kappa shape index (κ3) is 2.53. The van der Waals surface area contributed by atoms with Crippen LogP contribution in [0.3, 0.4) is 0 Å². The van der Waals surface area contributed by atoms with Gasteiger partial charge in [-0.2, -0.15) is 0 Å². The summed E-state index contributed by atoms with van der Waals surface area (Å²) < 4.78 is 5.31. The highest BCUT2D eigenvalue weighted by Crippen LogP contribution is 2.34. The second-order valence-corrected chi connectivity index (χ2v) is 5.57. The summed E-state index contributed by atoms with van der Waals surface area (Å²) in [5.41, 5.74) is 0.974. The van der Waals surface area contributed by atoms with Crippen LogP contribution in [-0.2, 0) is 6.54 Å². The summed E-state index contributed by atoms with van der Waals surface area (Å²) >= 11 is 0. The van der Waals surface area contributed by atoms with E-state index in [0.717, 1.165) is 37.0 Å². The molecule has 0 spiro atoms. The maximum Gasteiger partial charge on any atom is 0.150 e. The van der Waals surface area contributed by atoms with Gasteiger partial charge in [-0.3, -0.25) is 4.90 Å². The fourth-order valence-electron chi connectivity index (χ4n) is 2.67. The van der Waals surface area contributed by atoms with Crippen molar-refractivity contribution >= 4 is 0 Å². The zero-order valence-corrected chi connectivity index (χ0v) is 10.6. The molecule has 1 aromatic rings. The number of aryl methyl sites for hydroxylation is 1. The smallest absolute Gasteiger partial charge is 0.150 e. The Bertz CT molecular complexity index is 386. The van der Waals surface area contributed by atoms with Crippen molar-refractivity contribution in [3.63, 3.8) is 0 Å². The first-order chi connectivity index (χ1) is 8.22. The van der Waals surface area contributed by atoms with Gasteiger partial charge in [0.15, 0.2) is 5.76 Å². The lowest BCUT2D eigenvalue weighted by molar-refractivity contribution is 0.113. The molecule has 1 aliphatic carbocycles. The van der Waals surface area contributed by atoms with Crippen LogP contribution in [0.5, 0.6) is 0 Å². The minimum absolute atomic E-state index is 0.579. The number of piperazine rings is 1. The summed E-state index contributed by atoms with van der Waals surface area (Å²) in [5, 5.41) is 7.62. The van der Waals surface area contributed by atoms with Gasteiger partial charge in [0.05, 0.1) is 12.2 Å². The highest BCUT2D eigenvalue weighted by Gasteiger charge is 2.36. The van der Waals surface area contributed by atoms with Gasteiger partial charge >= 0.3 is 0 Å². The topological polar surface area (TPSA) is 41.3 Å². The van der Waals surface area contributed by atoms with Crippen LogP contribution >= 0.6 is 0 Å². The molecule has 1 saturated heterocycles. The number of nitrogens with one attached hydrogen (secondary N) is 1. The van der Waals surface area contributed by atoms with Crippen molar-refractivity contribution < 1.29 is 4.52 Å².